The van der Waals surface area contributed by atoms with Gasteiger partial charge in [0.1, 0.15) is 0 Å². The molecule has 0 spiro atoms. The molecule has 0 aliphatic heterocycles. The van der Waals surface area contributed by atoms with Crippen LogP contribution in [0, 0.1) is 0 Å². The molecular formula is C16H38N2O5Si. The molecule has 8 heteroatoms. The molecule has 0 bridgehead atoms. The van der Waals surface area contributed by atoms with E-state index < -0.39 is 14.7 Å². The van der Waals surface area contributed by atoms with Crippen molar-refractivity contribution in [2.45, 2.75) is 51.9 Å². The fourth-order valence-corrected chi connectivity index (χ4v) is 5.50. The zero-order valence-corrected chi connectivity index (χ0v) is 17.4. The third-order valence-electron chi connectivity index (χ3n) is 3.57. The first-order chi connectivity index (χ1) is 11.4. The summed E-state index contributed by atoms with van der Waals surface area (Å²) in [6.45, 7) is 8.48. The summed E-state index contributed by atoms with van der Waals surface area (Å²) in [4.78, 5) is 2.15. The van der Waals surface area contributed by atoms with Gasteiger partial charge >= 0.3 is 14.7 Å². The van der Waals surface area contributed by atoms with Crippen LogP contribution in [-0.2, 0) is 23.1 Å². The van der Waals surface area contributed by atoms with Gasteiger partial charge in [0.15, 0.2) is 0 Å². The van der Waals surface area contributed by atoms with E-state index >= 15 is 0 Å². The van der Waals surface area contributed by atoms with Crippen molar-refractivity contribution < 1.29 is 23.1 Å². The third-order valence-corrected chi connectivity index (χ3v) is 7.17. The Morgan fingerprint density at radius 2 is 1.42 bits per heavy atom. The Balaban J connectivity index is 5.29. The van der Waals surface area contributed by atoms with E-state index in [1.54, 1.807) is 7.11 Å². The lowest BCUT2D eigenvalue weighted by molar-refractivity contribution is -0.475. The molecule has 0 rings (SSSR count). The molecule has 0 aromatic carbocycles. The number of hydrogen-bond donors (Lipinski definition) is 1. The summed E-state index contributed by atoms with van der Waals surface area (Å²) in [5.41, 5.74) is 5.72. The molecular weight excluding hydrogens is 328 g/mol. The molecule has 0 aliphatic rings. The molecule has 0 saturated heterocycles. The van der Waals surface area contributed by atoms with Crippen molar-refractivity contribution in [1.29, 1.82) is 0 Å². The van der Waals surface area contributed by atoms with Crippen LogP contribution < -0.4 is 5.73 Å². The highest BCUT2D eigenvalue weighted by Gasteiger charge is 2.47. The van der Waals surface area contributed by atoms with E-state index in [2.05, 4.69) is 19.0 Å². The average molecular weight is 367 g/mol. The van der Waals surface area contributed by atoms with Gasteiger partial charge < -0.3 is 33.7 Å². The first-order valence-electron chi connectivity index (χ1n) is 8.95. The minimum atomic E-state index is -2.59. The van der Waals surface area contributed by atoms with Crippen LogP contribution in [0.2, 0.25) is 12.1 Å². The smallest absolute Gasteiger partial charge is 0.397 e. The number of nitrogens with two attached hydrogens (primary N) is 1. The van der Waals surface area contributed by atoms with Gasteiger partial charge in [-0.1, -0.05) is 0 Å². The van der Waals surface area contributed by atoms with Crippen LogP contribution in [0.15, 0.2) is 0 Å². The average Bonchev–Trinajstić information content (AvgIpc) is 2.53. The molecule has 1 unspecified atom stereocenters. The van der Waals surface area contributed by atoms with Crippen molar-refractivity contribution in [2.24, 2.45) is 5.73 Å². The number of ether oxygens (including phenoxy) is 3. The van der Waals surface area contributed by atoms with Crippen LogP contribution in [0.3, 0.4) is 0 Å². The summed E-state index contributed by atoms with van der Waals surface area (Å²) in [6.07, 6.45) is 0.313. The van der Waals surface area contributed by atoms with Gasteiger partial charge in [-0.05, 0) is 72.9 Å². The summed E-state index contributed by atoms with van der Waals surface area (Å²) >= 11 is 0. The molecule has 2 N–H and O–H groups in total. The van der Waals surface area contributed by atoms with Gasteiger partial charge in [0.2, 0.25) is 0 Å². The Kier molecular flexibility index (Phi) is 13.1. The zero-order chi connectivity index (χ0) is 18.5. The molecule has 146 valence electrons. The normalized spacial score (nSPS) is 15.0. The van der Waals surface area contributed by atoms with Gasteiger partial charge in [-0.15, -0.1) is 0 Å². The Hall–Kier alpha value is -0.0631. The zero-order valence-electron chi connectivity index (χ0n) is 16.4. The number of nitrogens with zero attached hydrogens (tertiary/aromatic N) is 1. The van der Waals surface area contributed by atoms with Gasteiger partial charge in [0.25, 0.3) is 0 Å². The minimum Gasteiger partial charge on any atom is -0.397 e. The lowest BCUT2D eigenvalue weighted by Gasteiger charge is -2.39. The van der Waals surface area contributed by atoms with Gasteiger partial charge in [-0.3, -0.25) is 0 Å². The van der Waals surface area contributed by atoms with Crippen LogP contribution in [-0.4, -0.2) is 73.7 Å². The van der Waals surface area contributed by atoms with Crippen molar-refractivity contribution in [3.8, 4) is 0 Å². The minimum absolute atomic E-state index is 0.419. The van der Waals surface area contributed by atoms with Gasteiger partial charge in [0, 0.05) is 7.11 Å². The molecule has 0 heterocycles. The highest BCUT2D eigenvalue weighted by molar-refractivity contribution is 6.67. The largest absolute Gasteiger partial charge is 0.404 e. The van der Waals surface area contributed by atoms with Crippen molar-refractivity contribution in [1.82, 2.24) is 4.90 Å². The second kappa shape index (κ2) is 13.2. The van der Waals surface area contributed by atoms with Gasteiger partial charge in [0.05, 0.1) is 19.8 Å². The SMILES string of the molecule is CCOC(OCC)(OCC)O[Si](CCCN)(CCCN(C)C)OC. The van der Waals surface area contributed by atoms with E-state index in [0.717, 1.165) is 31.5 Å². The Bertz CT molecular complexity index is 293. The molecule has 0 radical (unpaired) electrons. The second-order valence-corrected chi connectivity index (χ2v) is 9.25. The standard InChI is InChI=1S/C16H38N2O5Si/c1-7-20-16(21-8-2,22-9-3)23-24(19-6,14-10-12-17)15-11-13-18(4)5/h7-15,17H2,1-6H3. The van der Waals surface area contributed by atoms with Crippen molar-refractivity contribution in [3.63, 3.8) is 0 Å². The molecule has 0 aromatic heterocycles. The predicted octanol–water partition coefficient (Wildman–Crippen LogP) is 2.11. The van der Waals surface area contributed by atoms with E-state index in [1.165, 1.54) is 0 Å². The quantitative estimate of drug-likeness (QED) is 0.331. The summed E-state index contributed by atoms with van der Waals surface area (Å²) in [5.74, 6) is 0. The first-order valence-corrected chi connectivity index (χ1v) is 11.2. The van der Waals surface area contributed by atoms with Crippen molar-refractivity contribution in [3.05, 3.63) is 0 Å². The molecule has 0 aromatic rings. The van der Waals surface area contributed by atoms with E-state index in [1.807, 2.05) is 20.8 Å². The molecule has 0 saturated carbocycles. The molecule has 7 nitrogen and oxygen atoms in total. The summed E-state index contributed by atoms with van der Waals surface area (Å²) in [5, 5.41) is 0. The van der Waals surface area contributed by atoms with Gasteiger partial charge in [-0.2, -0.15) is 0 Å². The molecule has 1 atom stereocenters. The van der Waals surface area contributed by atoms with Gasteiger partial charge in [-0.25, -0.2) is 0 Å². The Labute approximate surface area is 149 Å². The Morgan fingerprint density at radius 3 is 1.79 bits per heavy atom. The number of hydrogen-bond acceptors (Lipinski definition) is 7. The highest BCUT2D eigenvalue weighted by atomic mass is 28.4. The monoisotopic (exact) mass is 366 g/mol. The fraction of sp³-hybridized carbons (Fsp3) is 1.00. The summed E-state index contributed by atoms with van der Waals surface area (Å²) in [6, 6.07) is 1.61. The van der Waals surface area contributed by atoms with Crippen molar-refractivity contribution >= 4 is 8.56 Å². The number of rotatable bonds is 16. The van der Waals surface area contributed by atoms with E-state index in [-0.39, 0.29) is 0 Å². The molecule has 0 amide bonds. The van der Waals surface area contributed by atoms with Crippen LogP contribution in [0.25, 0.3) is 0 Å². The Morgan fingerprint density at radius 1 is 0.917 bits per heavy atom. The molecule has 24 heavy (non-hydrogen) atoms. The third kappa shape index (κ3) is 8.86. The first kappa shape index (κ1) is 23.9. The topological polar surface area (TPSA) is 75.4 Å². The van der Waals surface area contributed by atoms with Crippen molar-refractivity contribution in [2.75, 3.05) is 54.1 Å². The summed E-state index contributed by atoms with van der Waals surface area (Å²) < 4.78 is 29.4. The highest BCUT2D eigenvalue weighted by Crippen LogP contribution is 2.30. The predicted molar refractivity (Wildman–Crippen MR) is 97.9 cm³/mol. The maximum Gasteiger partial charge on any atom is 0.404 e. The fourth-order valence-electron chi connectivity index (χ4n) is 2.48. The van der Waals surface area contributed by atoms with Crippen LogP contribution in [0.5, 0.6) is 0 Å². The maximum atomic E-state index is 6.36. The second-order valence-electron chi connectivity index (χ2n) is 5.81. The lowest BCUT2D eigenvalue weighted by atomic mass is 10.4. The van der Waals surface area contributed by atoms with E-state index in [0.29, 0.717) is 26.4 Å². The lowest BCUT2D eigenvalue weighted by Crippen LogP contribution is -2.54. The molecule has 0 fully saturated rings. The van der Waals surface area contributed by atoms with E-state index in [9.17, 15) is 0 Å². The summed E-state index contributed by atoms with van der Waals surface area (Å²) in [7, 11) is 3.23. The van der Waals surface area contributed by atoms with E-state index in [4.69, 9.17) is 28.8 Å². The molecule has 0 aliphatic carbocycles. The maximum absolute atomic E-state index is 6.36. The van der Waals surface area contributed by atoms with Crippen LogP contribution in [0.4, 0.5) is 0 Å². The van der Waals surface area contributed by atoms with Crippen LogP contribution in [0.1, 0.15) is 33.6 Å². The van der Waals surface area contributed by atoms with Crippen LogP contribution >= 0.6 is 0 Å².